The maximum atomic E-state index is 13.0. The third-order valence-corrected chi connectivity index (χ3v) is 7.86. The van der Waals surface area contributed by atoms with Crippen molar-refractivity contribution in [2.45, 2.75) is 43.2 Å². The van der Waals surface area contributed by atoms with E-state index in [1.165, 1.54) is 43.9 Å². The number of para-hydroxylation sites is 2. The SMILES string of the molecule is O=C(CSc1nc2ccccc2nc1N1CCOCC1)N1CCN(C2CCCCC2)CC1. The van der Waals surface area contributed by atoms with Gasteiger partial charge in [-0.05, 0) is 25.0 Å². The first-order valence-electron chi connectivity index (χ1n) is 12.0. The molecule has 3 fully saturated rings. The number of rotatable bonds is 5. The highest BCUT2D eigenvalue weighted by atomic mass is 32.2. The smallest absolute Gasteiger partial charge is 0.233 e. The average molecular weight is 456 g/mol. The number of amides is 1. The number of benzene rings is 1. The topological polar surface area (TPSA) is 61.8 Å². The first-order valence-corrected chi connectivity index (χ1v) is 13.0. The normalized spacial score (nSPS) is 21.2. The van der Waals surface area contributed by atoms with Gasteiger partial charge in [0, 0.05) is 45.3 Å². The van der Waals surface area contributed by atoms with Crippen molar-refractivity contribution in [2.75, 3.05) is 63.1 Å². The molecule has 0 unspecified atom stereocenters. The number of anilines is 1. The molecule has 1 aromatic carbocycles. The van der Waals surface area contributed by atoms with E-state index in [1.54, 1.807) is 0 Å². The van der Waals surface area contributed by atoms with Gasteiger partial charge in [-0.15, -0.1) is 0 Å². The number of nitrogens with zero attached hydrogens (tertiary/aromatic N) is 5. The standard InChI is InChI=1S/C24H33N5O2S/c30-22(28-12-10-27(11-13-28)19-6-2-1-3-7-19)18-32-24-23(29-14-16-31-17-15-29)25-20-8-4-5-9-21(20)26-24/h4-5,8-9,19H,1-3,6-7,10-18H2. The van der Waals surface area contributed by atoms with E-state index in [-0.39, 0.29) is 5.91 Å². The Morgan fingerprint density at radius 1 is 0.938 bits per heavy atom. The van der Waals surface area contributed by atoms with Crippen LogP contribution >= 0.6 is 11.8 Å². The van der Waals surface area contributed by atoms with Crippen LogP contribution < -0.4 is 4.90 Å². The first-order chi connectivity index (χ1) is 15.8. The summed E-state index contributed by atoms with van der Waals surface area (Å²) in [7, 11) is 0. The maximum Gasteiger partial charge on any atom is 0.233 e. The molecule has 3 heterocycles. The van der Waals surface area contributed by atoms with Crippen LogP contribution in [0.5, 0.6) is 0 Å². The summed E-state index contributed by atoms with van der Waals surface area (Å²) in [6.45, 7) is 6.71. The maximum absolute atomic E-state index is 13.0. The van der Waals surface area contributed by atoms with Gasteiger partial charge in [0.1, 0.15) is 5.03 Å². The van der Waals surface area contributed by atoms with Gasteiger partial charge in [-0.3, -0.25) is 9.69 Å². The van der Waals surface area contributed by atoms with E-state index in [0.717, 1.165) is 67.2 Å². The molecule has 7 nitrogen and oxygen atoms in total. The van der Waals surface area contributed by atoms with Gasteiger partial charge in [0.15, 0.2) is 5.82 Å². The Hall–Kier alpha value is -1.90. The van der Waals surface area contributed by atoms with Gasteiger partial charge in [0.05, 0.1) is 30.0 Å². The summed E-state index contributed by atoms with van der Waals surface area (Å²) in [5, 5.41) is 0.847. The Balaban J connectivity index is 1.23. The van der Waals surface area contributed by atoms with Crippen molar-refractivity contribution >= 4 is 34.5 Å². The lowest BCUT2D eigenvalue weighted by atomic mass is 9.94. The summed E-state index contributed by atoms with van der Waals surface area (Å²) >= 11 is 1.53. The van der Waals surface area contributed by atoms with Crippen molar-refractivity contribution < 1.29 is 9.53 Å². The number of aromatic nitrogens is 2. The van der Waals surface area contributed by atoms with Crippen molar-refractivity contribution in [2.24, 2.45) is 0 Å². The van der Waals surface area contributed by atoms with Crippen molar-refractivity contribution in [1.29, 1.82) is 0 Å². The fraction of sp³-hybridized carbons (Fsp3) is 0.625. The summed E-state index contributed by atoms with van der Waals surface area (Å²) in [5.74, 6) is 1.50. The molecule has 1 aliphatic carbocycles. The third-order valence-electron chi connectivity index (χ3n) is 6.92. The van der Waals surface area contributed by atoms with Crippen molar-refractivity contribution in [1.82, 2.24) is 19.8 Å². The molecule has 2 aliphatic heterocycles. The molecule has 1 aromatic heterocycles. The minimum Gasteiger partial charge on any atom is -0.378 e. The molecule has 8 heteroatoms. The molecule has 0 N–H and O–H groups in total. The number of fused-ring (bicyclic) bond motifs is 1. The number of ether oxygens (including phenoxy) is 1. The predicted molar refractivity (Wildman–Crippen MR) is 128 cm³/mol. The van der Waals surface area contributed by atoms with Crippen molar-refractivity contribution in [3.05, 3.63) is 24.3 Å². The van der Waals surface area contributed by atoms with Gasteiger partial charge in [0.2, 0.25) is 5.91 Å². The van der Waals surface area contributed by atoms with E-state index in [0.29, 0.717) is 19.0 Å². The van der Waals surface area contributed by atoms with Gasteiger partial charge in [-0.1, -0.05) is 43.2 Å². The van der Waals surface area contributed by atoms with Crippen LogP contribution in [0.25, 0.3) is 11.0 Å². The minimum atomic E-state index is 0.209. The largest absolute Gasteiger partial charge is 0.378 e. The van der Waals surface area contributed by atoms with Gasteiger partial charge in [-0.25, -0.2) is 9.97 Å². The number of morpholine rings is 1. The number of thioether (sulfide) groups is 1. The molecule has 3 aliphatic rings. The van der Waals surface area contributed by atoms with Crippen LogP contribution in [0, 0.1) is 0 Å². The van der Waals surface area contributed by atoms with Crippen molar-refractivity contribution in [3.63, 3.8) is 0 Å². The second-order valence-electron chi connectivity index (χ2n) is 8.94. The average Bonchev–Trinajstić information content (AvgIpc) is 2.88. The fourth-order valence-corrected chi connectivity index (χ4v) is 5.97. The molecular formula is C24H33N5O2S. The zero-order chi connectivity index (χ0) is 21.8. The molecular weight excluding hydrogens is 422 g/mol. The molecule has 2 aromatic rings. The number of hydrogen-bond donors (Lipinski definition) is 0. The highest BCUT2D eigenvalue weighted by Gasteiger charge is 2.27. The number of hydrogen-bond acceptors (Lipinski definition) is 7. The molecule has 1 saturated carbocycles. The highest BCUT2D eigenvalue weighted by Crippen LogP contribution is 2.30. The lowest BCUT2D eigenvalue weighted by Crippen LogP contribution is -2.52. The van der Waals surface area contributed by atoms with Crippen LogP contribution in [0.3, 0.4) is 0 Å². The molecule has 2 saturated heterocycles. The second-order valence-corrected chi connectivity index (χ2v) is 9.90. The van der Waals surface area contributed by atoms with Crippen LogP contribution in [0.4, 0.5) is 5.82 Å². The Morgan fingerprint density at radius 2 is 1.62 bits per heavy atom. The number of piperazine rings is 1. The number of carbonyl (C=O) groups excluding carboxylic acids is 1. The molecule has 0 bridgehead atoms. The Kier molecular flexibility index (Phi) is 7.10. The Morgan fingerprint density at radius 3 is 2.34 bits per heavy atom. The van der Waals surface area contributed by atoms with Crippen molar-refractivity contribution in [3.8, 4) is 0 Å². The summed E-state index contributed by atoms with van der Waals surface area (Å²) in [6.07, 6.45) is 6.76. The van der Waals surface area contributed by atoms with Gasteiger partial charge < -0.3 is 14.5 Å². The molecule has 0 atom stereocenters. The van der Waals surface area contributed by atoms with Gasteiger partial charge >= 0.3 is 0 Å². The summed E-state index contributed by atoms with van der Waals surface area (Å²) < 4.78 is 5.52. The Bertz CT molecular complexity index is 922. The molecule has 5 rings (SSSR count). The van der Waals surface area contributed by atoms with E-state index in [1.807, 2.05) is 29.2 Å². The Labute approximate surface area is 194 Å². The summed E-state index contributed by atoms with van der Waals surface area (Å²) in [6, 6.07) is 8.69. The molecule has 0 radical (unpaired) electrons. The minimum absolute atomic E-state index is 0.209. The molecule has 0 spiro atoms. The quantitative estimate of drug-likeness (QED) is 0.642. The lowest BCUT2D eigenvalue weighted by Gasteiger charge is -2.40. The van der Waals surface area contributed by atoms with Gasteiger partial charge in [-0.2, -0.15) is 0 Å². The zero-order valence-corrected chi connectivity index (χ0v) is 19.6. The van der Waals surface area contributed by atoms with E-state index < -0.39 is 0 Å². The molecule has 1 amide bonds. The number of carbonyl (C=O) groups is 1. The van der Waals surface area contributed by atoms with Crippen LogP contribution in [-0.2, 0) is 9.53 Å². The second kappa shape index (κ2) is 10.4. The van der Waals surface area contributed by atoms with Gasteiger partial charge in [0.25, 0.3) is 0 Å². The monoisotopic (exact) mass is 455 g/mol. The zero-order valence-electron chi connectivity index (χ0n) is 18.7. The molecule has 172 valence electrons. The predicted octanol–water partition coefficient (Wildman–Crippen LogP) is 3.04. The third kappa shape index (κ3) is 5.02. The highest BCUT2D eigenvalue weighted by molar-refractivity contribution is 8.00. The van der Waals surface area contributed by atoms with E-state index in [4.69, 9.17) is 14.7 Å². The van der Waals surface area contributed by atoms with Crippen LogP contribution in [0.15, 0.2) is 29.3 Å². The van der Waals surface area contributed by atoms with Crippen LogP contribution in [0.1, 0.15) is 32.1 Å². The summed E-state index contributed by atoms with van der Waals surface area (Å²) in [5.41, 5.74) is 1.77. The van der Waals surface area contributed by atoms with E-state index in [9.17, 15) is 4.79 Å². The fourth-order valence-electron chi connectivity index (χ4n) is 5.06. The van der Waals surface area contributed by atoms with Crippen LogP contribution in [0.2, 0.25) is 0 Å². The van der Waals surface area contributed by atoms with E-state index >= 15 is 0 Å². The lowest BCUT2D eigenvalue weighted by molar-refractivity contribution is -0.130. The summed E-state index contributed by atoms with van der Waals surface area (Å²) in [4.78, 5) is 29.7. The molecule has 32 heavy (non-hydrogen) atoms. The van der Waals surface area contributed by atoms with E-state index in [2.05, 4.69) is 9.80 Å². The first kappa shape index (κ1) is 21.9. The van der Waals surface area contributed by atoms with Crippen LogP contribution in [-0.4, -0.2) is 90.0 Å².